The van der Waals surface area contributed by atoms with Crippen molar-refractivity contribution in [1.82, 2.24) is 5.32 Å². The van der Waals surface area contributed by atoms with Crippen LogP contribution in [0.4, 0.5) is 5.69 Å². The number of aryl methyl sites for hydroxylation is 1. The van der Waals surface area contributed by atoms with Gasteiger partial charge in [0.2, 0.25) is 5.91 Å². The Labute approximate surface area is 122 Å². The summed E-state index contributed by atoms with van der Waals surface area (Å²) in [5.74, 6) is 0.216. The zero-order valence-corrected chi connectivity index (χ0v) is 13.0. The van der Waals surface area contributed by atoms with Crippen molar-refractivity contribution in [3.05, 3.63) is 27.3 Å². The summed E-state index contributed by atoms with van der Waals surface area (Å²) in [5.41, 5.74) is 2.23. The molecule has 2 rings (SSSR count). The monoisotopic (exact) mass is 358 g/mol. The number of amides is 1. The number of hydrogen-bond acceptors (Lipinski definition) is 2. The van der Waals surface area contributed by atoms with E-state index in [0.29, 0.717) is 0 Å². The van der Waals surface area contributed by atoms with E-state index in [1.807, 2.05) is 11.8 Å². The number of hydrogen-bond donors (Lipinski definition) is 1. The van der Waals surface area contributed by atoms with Crippen LogP contribution in [0.1, 0.15) is 25.3 Å². The molecule has 1 atom stereocenters. The molecule has 1 fully saturated rings. The highest BCUT2D eigenvalue weighted by molar-refractivity contribution is 14.1. The van der Waals surface area contributed by atoms with Crippen LogP contribution in [0.2, 0.25) is 0 Å². The first-order valence-electron chi connectivity index (χ1n) is 6.44. The van der Waals surface area contributed by atoms with Crippen molar-refractivity contribution in [1.29, 1.82) is 0 Å². The number of nitrogens with zero attached hydrogens (tertiary/aromatic N) is 1. The van der Waals surface area contributed by atoms with Crippen molar-refractivity contribution in [2.24, 2.45) is 0 Å². The number of carbonyl (C=O) groups is 1. The molecule has 1 aliphatic heterocycles. The molecule has 1 aliphatic rings. The highest BCUT2D eigenvalue weighted by Crippen LogP contribution is 2.26. The fraction of sp³-hybridized carbons (Fsp3) is 0.500. The second-order valence-corrected chi connectivity index (χ2v) is 5.92. The third-order valence-electron chi connectivity index (χ3n) is 3.35. The van der Waals surface area contributed by atoms with Gasteiger partial charge in [-0.05, 0) is 66.6 Å². The summed E-state index contributed by atoms with van der Waals surface area (Å²) in [5, 5.41) is 3.27. The Bertz CT molecular complexity index is 445. The number of halogens is 1. The Morgan fingerprint density at radius 2 is 2.28 bits per heavy atom. The van der Waals surface area contributed by atoms with Gasteiger partial charge in [-0.2, -0.15) is 0 Å². The third-order valence-corrected chi connectivity index (χ3v) is 4.02. The number of benzene rings is 1. The number of rotatable bonds is 3. The van der Waals surface area contributed by atoms with Crippen molar-refractivity contribution in [2.45, 2.75) is 32.7 Å². The predicted octanol–water partition coefficient (Wildman–Crippen LogP) is 2.70. The van der Waals surface area contributed by atoms with Gasteiger partial charge in [0.1, 0.15) is 0 Å². The lowest BCUT2D eigenvalue weighted by Gasteiger charge is -2.33. The van der Waals surface area contributed by atoms with Gasteiger partial charge in [-0.25, -0.2) is 0 Å². The largest absolute Gasteiger partial charge is 0.311 e. The SMILES string of the molecule is CCNC1CCCN(c2cc(I)ccc2C)C1=O. The lowest BCUT2D eigenvalue weighted by atomic mass is 10.0. The van der Waals surface area contributed by atoms with Gasteiger partial charge in [-0.1, -0.05) is 13.0 Å². The standard InChI is InChI=1S/C14H19IN2O/c1-3-16-12-5-4-8-17(14(12)18)13-9-11(15)7-6-10(13)2/h6-7,9,12,16H,3-5,8H2,1-2H3. The third kappa shape index (κ3) is 2.85. The summed E-state index contributed by atoms with van der Waals surface area (Å²) < 4.78 is 1.17. The molecule has 0 bridgehead atoms. The van der Waals surface area contributed by atoms with Gasteiger partial charge in [-0.3, -0.25) is 4.79 Å². The van der Waals surface area contributed by atoms with E-state index in [-0.39, 0.29) is 11.9 Å². The first kappa shape index (κ1) is 13.8. The molecule has 0 saturated carbocycles. The zero-order valence-electron chi connectivity index (χ0n) is 10.9. The summed E-state index contributed by atoms with van der Waals surface area (Å²) in [7, 11) is 0. The van der Waals surface area contributed by atoms with E-state index in [2.05, 4.69) is 53.0 Å². The van der Waals surface area contributed by atoms with Crippen LogP contribution in [0.25, 0.3) is 0 Å². The van der Waals surface area contributed by atoms with Crippen LogP contribution in [0, 0.1) is 10.5 Å². The Morgan fingerprint density at radius 3 is 3.00 bits per heavy atom. The van der Waals surface area contributed by atoms with Gasteiger partial charge in [-0.15, -0.1) is 0 Å². The van der Waals surface area contributed by atoms with Crippen LogP contribution in [-0.4, -0.2) is 25.0 Å². The summed E-state index contributed by atoms with van der Waals surface area (Å²) >= 11 is 2.29. The summed E-state index contributed by atoms with van der Waals surface area (Å²) in [6, 6.07) is 6.25. The van der Waals surface area contributed by atoms with Gasteiger partial charge >= 0.3 is 0 Å². The molecule has 3 nitrogen and oxygen atoms in total. The number of anilines is 1. The molecule has 0 radical (unpaired) electrons. The van der Waals surface area contributed by atoms with Crippen LogP contribution < -0.4 is 10.2 Å². The van der Waals surface area contributed by atoms with E-state index in [1.165, 1.54) is 9.13 Å². The van der Waals surface area contributed by atoms with E-state index in [1.54, 1.807) is 0 Å². The Kier molecular flexibility index (Phi) is 4.61. The molecule has 1 unspecified atom stereocenters. The Balaban J connectivity index is 2.26. The molecular weight excluding hydrogens is 339 g/mol. The molecule has 18 heavy (non-hydrogen) atoms. The van der Waals surface area contributed by atoms with Crippen LogP contribution >= 0.6 is 22.6 Å². The van der Waals surface area contributed by atoms with Gasteiger partial charge in [0.25, 0.3) is 0 Å². The molecule has 0 spiro atoms. The van der Waals surface area contributed by atoms with Crippen molar-refractivity contribution >= 4 is 34.2 Å². The molecule has 0 aromatic heterocycles. The average molecular weight is 358 g/mol. The maximum Gasteiger partial charge on any atom is 0.244 e. The van der Waals surface area contributed by atoms with Gasteiger partial charge in [0.05, 0.1) is 6.04 Å². The fourth-order valence-electron chi connectivity index (χ4n) is 2.42. The minimum Gasteiger partial charge on any atom is -0.311 e. The molecule has 0 aliphatic carbocycles. The average Bonchev–Trinajstić information content (AvgIpc) is 2.35. The first-order valence-corrected chi connectivity index (χ1v) is 7.52. The van der Waals surface area contributed by atoms with Gasteiger partial charge in [0.15, 0.2) is 0 Å². The van der Waals surface area contributed by atoms with Crippen molar-refractivity contribution in [3.63, 3.8) is 0 Å². The minimum absolute atomic E-state index is 0.0129. The van der Waals surface area contributed by atoms with Gasteiger partial charge < -0.3 is 10.2 Å². The van der Waals surface area contributed by atoms with E-state index in [0.717, 1.165) is 31.6 Å². The topological polar surface area (TPSA) is 32.3 Å². The summed E-state index contributed by atoms with van der Waals surface area (Å²) in [6.07, 6.45) is 2.01. The number of piperidine rings is 1. The zero-order chi connectivity index (χ0) is 13.1. The predicted molar refractivity (Wildman–Crippen MR) is 82.9 cm³/mol. The summed E-state index contributed by atoms with van der Waals surface area (Å²) in [4.78, 5) is 14.4. The maximum absolute atomic E-state index is 12.4. The molecule has 1 aromatic rings. The maximum atomic E-state index is 12.4. The van der Waals surface area contributed by atoms with E-state index in [4.69, 9.17) is 0 Å². The number of carbonyl (C=O) groups excluding carboxylic acids is 1. The Hall–Kier alpha value is -0.620. The van der Waals surface area contributed by atoms with Crippen LogP contribution in [0.3, 0.4) is 0 Å². The lowest BCUT2D eigenvalue weighted by molar-refractivity contribution is -0.121. The Morgan fingerprint density at radius 1 is 1.50 bits per heavy atom. The van der Waals surface area contributed by atoms with E-state index in [9.17, 15) is 4.79 Å². The molecule has 1 heterocycles. The molecule has 1 saturated heterocycles. The smallest absolute Gasteiger partial charge is 0.244 e. The van der Waals surface area contributed by atoms with Crippen LogP contribution in [0.15, 0.2) is 18.2 Å². The second kappa shape index (κ2) is 6.02. The quantitative estimate of drug-likeness (QED) is 0.843. The molecule has 1 aromatic carbocycles. The molecule has 1 N–H and O–H groups in total. The van der Waals surface area contributed by atoms with E-state index < -0.39 is 0 Å². The fourth-order valence-corrected chi connectivity index (χ4v) is 2.90. The van der Waals surface area contributed by atoms with Crippen molar-refractivity contribution < 1.29 is 4.79 Å². The van der Waals surface area contributed by atoms with Crippen LogP contribution in [0.5, 0.6) is 0 Å². The van der Waals surface area contributed by atoms with Crippen molar-refractivity contribution in [2.75, 3.05) is 18.0 Å². The van der Waals surface area contributed by atoms with Crippen LogP contribution in [-0.2, 0) is 4.79 Å². The molecule has 4 heteroatoms. The van der Waals surface area contributed by atoms with Gasteiger partial charge in [0, 0.05) is 15.8 Å². The highest BCUT2D eigenvalue weighted by atomic mass is 127. The molecular formula is C14H19IN2O. The number of likely N-dealkylation sites (N-methyl/N-ethyl adjacent to an activating group) is 1. The molecule has 98 valence electrons. The number of nitrogens with one attached hydrogen (secondary N) is 1. The highest BCUT2D eigenvalue weighted by Gasteiger charge is 2.29. The lowest BCUT2D eigenvalue weighted by Crippen LogP contribution is -2.51. The first-order chi connectivity index (χ1) is 8.63. The normalized spacial score (nSPS) is 20.3. The van der Waals surface area contributed by atoms with E-state index >= 15 is 0 Å². The second-order valence-electron chi connectivity index (χ2n) is 4.67. The molecule has 1 amide bonds. The minimum atomic E-state index is -0.0129. The van der Waals surface area contributed by atoms with Crippen molar-refractivity contribution in [3.8, 4) is 0 Å². The summed E-state index contributed by atoms with van der Waals surface area (Å²) in [6.45, 7) is 5.79.